The summed E-state index contributed by atoms with van der Waals surface area (Å²) in [5.41, 5.74) is 0.376. The third kappa shape index (κ3) is 2.77. The third-order valence-electron chi connectivity index (χ3n) is 2.18. The molecule has 0 amide bonds. The van der Waals surface area contributed by atoms with Crippen molar-refractivity contribution in [1.82, 2.24) is 9.97 Å². The van der Waals surface area contributed by atoms with Crippen LogP contribution in [0.25, 0.3) is 10.6 Å². The average molecular weight is 289 g/mol. The highest BCUT2D eigenvalue weighted by Gasteiger charge is 2.20. The van der Waals surface area contributed by atoms with Gasteiger partial charge in [0.25, 0.3) is 0 Å². The first kappa shape index (κ1) is 12.8. The van der Waals surface area contributed by atoms with Crippen molar-refractivity contribution in [2.45, 2.75) is 19.4 Å². The Morgan fingerprint density at radius 3 is 2.59 bits per heavy atom. The number of hydrogen-bond donors (Lipinski definition) is 1. The smallest absolute Gasteiger partial charge is 0.130 e. The SMILES string of the molecule is CC(C)(O)c1csc(-c2cnc(Cl)cc2Cl)n1. The van der Waals surface area contributed by atoms with Gasteiger partial charge in [0, 0.05) is 17.1 Å². The van der Waals surface area contributed by atoms with E-state index in [9.17, 15) is 5.11 Å². The van der Waals surface area contributed by atoms with Crippen LogP contribution in [0.1, 0.15) is 19.5 Å². The summed E-state index contributed by atoms with van der Waals surface area (Å²) in [6, 6.07) is 1.57. The minimum absolute atomic E-state index is 0.345. The molecule has 0 aliphatic heterocycles. The van der Waals surface area contributed by atoms with Crippen molar-refractivity contribution in [3.8, 4) is 10.6 Å². The first-order valence-corrected chi connectivity index (χ1v) is 6.51. The Labute approximate surface area is 113 Å². The summed E-state index contributed by atoms with van der Waals surface area (Å²) in [7, 11) is 0. The normalized spacial score (nSPS) is 11.8. The maximum absolute atomic E-state index is 9.84. The maximum atomic E-state index is 9.84. The topological polar surface area (TPSA) is 46.0 Å². The Morgan fingerprint density at radius 2 is 2.06 bits per heavy atom. The summed E-state index contributed by atoms with van der Waals surface area (Å²) in [6.07, 6.45) is 1.58. The van der Waals surface area contributed by atoms with E-state index in [1.807, 2.05) is 0 Å². The molecule has 0 atom stereocenters. The minimum atomic E-state index is -0.957. The van der Waals surface area contributed by atoms with Crippen LogP contribution in [-0.4, -0.2) is 15.1 Å². The maximum Gasteiger partial charge on any atom is 0.130 e. The number of thiazole rings is 1. The number of aromatic nitrogens is 2. The first-order valence-electron chi connectivity index (χ1n) is 4.88. The van der Waals surface area contributed by atoms with Crippen molar-refractivity contribution in [1.29, 1.82) is 0 Å². The number of pyridine rings is 1. The molecule has 0 radical (unpaired) electrons. The predicted octanol–water partition coefficient (Wildman–Crippen LogP) is 3.74. The van der Waals surface area contributed by atoms with Crippen molar-refractivity contribution in [3.63, 3.8) is 0 Å². The highest BCUT2D eigenvalue weighted by molar-refractivity contribution is 7.13. The molecule has 90 valence electrons. The van der Waals surface area contributed by atoms with Crippen LogP contribution in [0, 0.1) is 0 Å². The molecule has 0 aliphatic carbocycles. The Kier molecular flexibility index (Phi) is 3.41. The zero-order valence-corrected chi connectivity index (χ0v) is 11.6. The molecule has 2 aromatic heterocycles. The Hall–Kier alpha value is -0.680. The summed E-state index contributed by atoms with van der Waals surface area (Å²) >= 11 is 13.2. The molecule has 0 bridgehead atoms. The van der Waals surface area contributed by atoms with E-state index in [-0.39, 0.29) is 0 Å². The molecule has 0 fully saturated rings. The largest absolute Gasteiger partial charge is 0.384 e. The third-order valence-corrected chi connectivity index (χ3v) is 3.58. The number of nitrogens with zero attached hydrogens (tertiary/aromatic N) is 2. The molecule has 0 unspecified atom stereocenters. The van der Waals surface area contributed by atoms with Crippen LogP contribution in [0.15, 0.2) is 17.6 Å². The number of aliphatic hydroxyl groups is 1. The number of hydrogen-bond acceptors (Lipinski definition) is 4. The highest BCUT2D eigenvalue weighted by Crippen LogP contribution is 2.33. The highest BCUT2D eigenvalue weighted by atomic mass is 35.5. The molecule has 17 heavy (non-hydrogen) atoms. The average Bonchev–Trinajstić information content (AvgIpc) is 2.65. The molecule has 2 aromatic rings. The lowest BCUT2D eigenvalue weighted by Crippen LogP contribution is -2.15. The lowest BCUT2D eigenvalue weighted by Gasteiger charge is -2.13. The van der Waals surface area contributed by atoms with Gasteiger partial charge in [0.15, 0.2) is 0 Å². The summed E-state index contributed by atoms with van der Waals surface area (Å²) in [5, 5.41) is 13.2. The Bertz CT molecular complexity index is 549. The zero-order valence-electron chi connectivity index (χ0n) is 9.24. The lowest BCUT2D eigenvalue weighted by molar-refractivity contribution is 0.0746. The summed E-state index contributed by atoms with van der Waals surface area (Å²) < 4.78 is 0. The first-order chi connectivity index (χ1) is 7.88. The van der Waals surface area contributed by atoms with Gasteiger partial charge >= 0.3 is 0 Å². The Morgan fingerprint density at radius 1 is 1.35 bits per heavy atom. The lowest BCUT2D eigenvalue weighted by atomic mass is 10.1. The summed E-state index contributed by atoms with van der Waals surface area (Å²) in [5.74, 6) is 0. The van der Waals surface area contributed by atoms with Gasteiger partial charge in [0.2, 0.25) is 0 Å². The van der Waals surface area contributed by atoms with Crippen LogP contribution < -0.4 is 0 Å². The van der Waals surface area contributed by atoms with Gasteiger partial charge in [-0.2, -0.15) is 0 Å². The van der Waals surface area contributed by atoms with E-state index in [1.54, 1.807) is 31.5 Å². The van der Waals surface area contributed by atoms with Crippen LogP contribution in [0.2, 0.25) is 10.2 Å². The van der Waals surface area contributed by atoms with E-state index in [2.05, 4.69) is 9.97 Å². The van der Waals surface area contributed by atoms with Gasteiger partial charge in [-0.1, -0.05) is 23.2 Å². The standard InChI is InChI=1S/C11H10Cl2N2OS/c1-11(2,16)8-5-17-10(15-8)6-4-14-9(13)3-7(6)12/h3-5,16H,1-2H3. The number of halogens is 2. The van der Waals surface area contributed by atoms with Gasteiger partial charge in [0.05, 0.1) is 10.7 Å². The zero-order chi connectivity index (χ0) is 12.6. The fourth-order valence-electron chi connectivity index (χ4n) is 1.24. The molecule has 0 saturated carbocycles. The van der Waals surface area contributed by atoms with Gasteiger partial charge < -0.3 is 5.11 Å². The van der Waals surface area contributed by atoms with Crippen molar-refractivity contribution < 1.29 is 5.11 Å². The van der Waals surface area contributed by atoms with E-state index in [0.717, 1.165) is 10.6 Å². The van der Waals surface area contributed by atoms with Gasteiger partial charge in [-0.25, -0.2) is 9.97 Å². The summed E-state index contributed by atoms with van der Waals surface area (Å²) in [6.45, 7) is 3.38. The fraction of sp³-hybridized carbons (Fsp3) is 0.273. The molecule has 0 aliphatic rings. The minimum Gasteiger partial charge on any atom is -0.384 e. The van der Waals surface area contributed by atoms with Crippen molar-refractivity contribution in [2.75, 3.05) is 0 Å². The van der Waals surface area contributed by atoms with Crippen LogP contribution in [0.4, 0.5) is 0 Å². The molecular weight excluding hydrogens is 279 g/mol. The van der Waals surface area contributed by atoms with E-state index < -0.39 is 5.60 Å². The second-order valence-electron chi connectivity index (χ2n) is 4.08. The number of rotatable bonds is 2. The van der Waals surface area contributed by atoms with Crippen LogP contribution in [0.3, 0.4) is 0 Å². The monoisotopic (exact) mass is 288 g/mol. The molecule has 1 N–H and O–H groups in total. The van der Waals surface area contributed by atoms with Gasteiger partial charge in [0.1, 0.15) is 15.8 Å². The van der Waals surface area contributed by atoms with Gasteiger partial charge in [-0.05, 0) is 19.9 Å². The second-order valence-corrected chi connectivity index (χ2v) is 5.74. The summed E-state index contributed by atoms with van der Waals surface area (Å²) in [4.78, 5) is 8.32. The molecule has 3 nitrogen and oxygen atoms in total. The molecule has 0 saturated heterocycles. The molecule has 0 spiro atoms. The molecular formula is C11H10Cl2N2OS. The van der Waals surface area contributed by atoms with Crippen molar-refractivity contribution in [2.24, 2.45) is 0 Å². The van der Waals surface area contributed by atoms with E-state index >= 15 is 0 Å². The van der Waals surface area contributed by atoms with E-state index in [1.165, 1.54) is 11.3 Å². The Balaban J connectivity index is 2.44. The second kappa shape index (κ2) is 4.53. The molecule has 0 aromatic carbocycles. The van der Waals surface area contributed by atoms with E-state index in [4.69, 9.17) is 23.2 Å². The van der Waals surface area contributed by atoms with Gasteiger partial charge in [-0.3, -0.25) is 0 Å². The van der Waals surface area contributed by atoms with Crippen LogP contribution in [0.5, 0.6) is 0 Å². The molecule has 6 heteroatoms. The van der Waals surface area contributed by atoms with Crippen LogP contribution >= 0.6 is 34.5 Å². The fourth-order valence-corrected chi connectivity index (χ4v) is 2.76. The van der Waals surface area contributed by atoms with Crippen LogP contribution in [-0.2, 0) is 5.60 Å². The van der Waals surface area contributed by atoms with E-state index in [0.29, 0.717) is 15.9 Å². The molecule has 2 heterocycles. The van der Waals surface area contributed by atoms with Gasteiger partial charge in [-0.15, -0.1) is 11.3 Å². The van der Waals surface area contributed by atoms with Crippen molar-refractivity contribution >= 4 is 34.5 Å². The predicted molar refractivity (Wildman–Crippen MR) is 70.6 cm³/mol. The quantitative estimate of drug-likeness (QED) is 0.857. The molecule has 2 rings (SSSR count). The van der Waals surface area contributed by atoms with Crippen molar-refractivity contribution in [3.05, 3.63) is 33.5 Å².